The fraction of sp³-hybridized carbons (Fsp3) is 0.400. The summed E-state index contributed by atoms with van der Waals surface area (Å²) in [5.74, 6) is -0.775. The normalized spacial score (nSPS) is 17.5. The fourth-order valence-electron chi connectivity index (χ4n) is 1.91. The third kappa shape index (κ3) is 4.95. The minimum Gasteiger partial charge on any atom is -0.684 e. The average molecular weight is 472 g/mol. The smallest absolute Gasteiger partial charge is 0.684 e. The van der Waals surface area contributed by atoms with E-state index in [-0.39, 0.29) is 51.5 Å². The SMILES string of the molecule is CC(C)Oc1c[c-]c(C(=O)[N-]C2CCC(=O)NC2=O)cc1.[W+2]. The van der Waals surface area contributed by atoms with Gasteiger partial charge in [0.25, 0.3) is 0 Å². The van der Waals surface area contributed by atoms with Gasteiger partial charge in [-0.3, -0.25) is 14.9 Å². The van der Waals surface area contributed by atoms with Gasteiger partial charge in [0.1, 0.15) is 0 Å². The molecular formula is C15H16N2O4W. The van der Waals surface area contributed by atoms with Gasteiger partial charge in [0, 0.05) is 12.2 Å². The molecule has 1 N–H and O–H groups in total. The summed E-state index contributed by atoms with van der Waals surface area (Å²) in [5, 5.41) is 6.00. The Morgan fingerprint density at radius 1 is 1.41 bits per heavy atom. The van der Waals surface area contributed by atoms with Crippen molar-refractivity contribution in [2.45, 2.75) is 38.8 Å². The van der Waals surface area contributed by atoms with Crippen LogP contribution in [0.5, 0.6) is 5.75 Å². The van der Waals surface area contributed by atoms with Crippen molar-refractivity contribution in [3.63, 3.8) is 0 Å². The van der Waals surface area contributed by atoms with Gasteiger partial charge in [-0.2, -0.15) is 0 Å². The summed E-state index contributed by atoms with van der Waals surface area (Å²) in [4.78, 5) is 34.5. The van der Waals surface area contributed by atoms with E-state index < -0.39 is 17.9 Å². The zero-order valence-electron chi connectivity index (χ0n) is 12.3. The molecule has 1 aliphatic rings. The fourth-order valence-corrected chi connectivity index (χ4v) is 1.91. The van der Waals surface area contributed by atoms with E-state index in [2.05, 4.69) is 16.7 Å². The van der Waals surface area contributed by atoms with Crippen molar-refractivity contribution < 1.29 is 40.2 Å². The van der Waals surface area contributed by atoms with Crippen molar-refractivity contribution in [1.29, 1.82) is 0 Å². The number of carbonyl (C=O) groups excluding carboxylic acids is 3. The molecule has 3 amide bonds. The van der Waals surface area contributed by atoms with E-state index in [9.17, 15) is 14.4 Å². The summed E-state index contributed by atoms with van der Waals surface area (Å²) in [6.07, 6.45) is 0.483. The van der Waals surface area contributed by atoms with Crippen LogP contribution in [-0.2, 0) is 30.7 Å². The maximum atomic E-state index is 12.0. The van der Waals surface area contributed by atoms with Gasteiger partial charge in [-0.25, -0.2) is 0 Å². The molecule has 1 aromatic carbocycles. The van der Waals surface area contributed by atoms with Crippen LogP contribution in [-0.4, -0.2) is 29.9 Å². The summed E-state index contributed by atoms with van der Waals surface area (Å²) in [6.45, 7) is 3.80. The van der Waals surface area contributed by atoms with Gasteiger partial charge >= 0.3 is 21.1 Å². The number of benzene rings is 1. The largest absolute Gasteiger partial charge is 2.00 e. The van der Waals surface area contributed by atoms with E-state index in [1.54, 1.807) is 18.2 Å². The van der Waals surface area contributed by atoms with Crippen LogP contribution < -0.4 is 10.1 Å². The topological polar surface area (TPSA) is 86.6 Å². The predicted octanol–water partition coefficient (Wildman–Crippen LogP) is 1.59. The molecule has 0 spiro atoms. The Labute approximate surface area is 143 Å². The minimum absolute atomic E-state index is 0. The van der Waals surface area contributed by atoms with Crippen molar-refractivity contribution in [2.75, 3.05) is 0 Å². The summed E-state index contributed by atoms with van der Waals surface area (Å²) < 4.78 is 5.45. The Kier molecular flexibility index (Phi) is 6.75. The molecule has 1 fully saturated rings. The molecular weight excluding hydrogens is 456 g/mol. The van der Waals surface area contributed by atoms with Gasteiger partial charge in [0.15, 0.2) is 0 Å². The van der Waals surface area contributed by atoms with Crippen LogP contribution in [0.2, 0.25) is 0 Å². The Morgan fingerprint density at radius 2 is 2.14 bits per heavy atom. The predicted molar refractivity (Wildman–Crippen MR) is 74.9 cm³/mol. The number of amides is 3. The number of piperidine rings is 1. The zero-order chi connectivity index (χ0) is 15.4. The number of imide groups is 1. The van der Waals surface area contributed by atoms with E-state index in [1.807, 2.05) is 13.8 Å². The molecule has 0 aliphatic carbocycles. The molecule has 0 bridgehead atoms. The molecule has 0 radical (unpaired) electrons. The number of hydrogen-bond donors (Lipinski definition) is 1. The maximum absolute atomic E-state index is 12.0. The monoisotopic (exact) mass is 472 g/mol. The minimum atomic E-state index is -0.810. The van der Waals surface area contributed by atoms with E-state index in [4.69, 9.17) is 4.74 Å². The molecule has 1 saturated heterocycles. The van der Waals surface area contributed by atoms with Gasteiger partial charge in [-0.15, -0.1) is 29.8 Å². The number of ether oxygens (including phenoxy) is 1. The van der Waals surface area contributed by atoms with Crippen LogP contribution in [0, 0.1) is 6.07 Å². The van der Waals surface area contributed by atoms with E-state index in [0.29, 0.717) is 5.75 Å². The summed E-state index contributed by atoms with van der Waals surface area (Å²) in [6, 6.07) is 6.75. The number of carbonyl (C=O) groups is 3. The van der Waals surface area contributed by atoms with Gasteiger partial charge < -0.3 is 14.8 Å². The molecule has 0 saturated carbocycles. The van der Waals surface area contributed by atoms with Gasteiger partial charge in [-0.1, -0.05) is 0 Å². The molecule has 1 aliphatic heterocycles. The molecule has 22 heavy (non-hydrogen) atoms. The molecule has 1 aromatic rings. The molecule has 7 heteroatoms. The van der Waals surface area contributed by atoms with Crippen molar-refractivity contribution in [1.82, 2.24) is 5.32 Å². The average Bonchev–Trinajstić information content (AvgIpc) is 2.42. The van der Waals surface area contributed by atoms with Crippen LogP contribution in [0.4, 0.5) is 0 Å². The second-order valence-corrected chi connectivity index (χ2v) is 5.01. The van der Waals surface area contributed by atoms with Gasteiger partial charge in [-0.05, 0) is 32.2 Å². The Morgan fingerprint density at radius 3 is 2.68 bits per heavy atom. The van der Waals surface area contributed by atoms with Crippen molar-refractivity contribution in [3.05, 3.63) is 35.1 Å². The first kappa shape index (κ1) is 18.4. The zero-order valence-corrected chi connectivity index (χ0v) is 15.2. The number of nitrogens with zero attached hydrogens (tertiary/aromatic N) is 1. The molecule has 1 atom stereocenters. The van der Waals surface area contributed by atoms with Gasteiger partial charge in [0.2, 0.25) is 11.8 Å². The molecule has 1 unspecified atom stereocenters. The molecule has 6 nitrogen and oxygen atoms in total. The van der Waals surface area contributed by atoms with E-state index >= 15 is 0 Å². The third-order valence-corrected chi connectivity index (χ3v) is 2.87. The van der Waals surface area contributed by atoms with E-state index in [0.717, 1.165) is 0 Å². The summed E-state index contributed by atoms with van der Waals surface area (Å²) in [7, 11) is 0. The number of nitrogens with one attached hydrogen (secondary N) is 1. The summed E-state index contributed by atoms with van der Waals surface area (Å²) >= 11 is 0. The first-order valence-corrected chi connectivity index (χ1v) is 6.73. The maximum Gasteiger partial charge on any atom is 2.00 e. The molecule has 0 aromatic heterocycles. The van der Waals surface area contributed by atoms with Crippen LogP contribution in [0.15, 0.2) is 18.2 Å². The molecule has 1 heterocycles. The standard InChI is InChI=1S/C15H17N2O4.W/c1-9(2)21-11-5-3-10(4-6-11)14(19)16-12-7-8-13(18)17-15(12)20;/h3,5-6,9,12H,7-8H2,1-2H3,(H2,16,17,18,19,20);/q-1;+2/p-1. The first-order chi connectivity index (χ1) is 9.95. The Bertz CT molecular complexity index is 557. The van der Waals surface area contributed by atoms with Crippen LogP contribution in [0.1, 0.15) is 37.0 Å². The Hall–Kier alpha value is -1.68. The van der Waals surface area contributed by atoms with Gasteiger partial charge in [0.05, 0.1) is 6.10 Å². The molecule has 2 rings (SSSR count). The third-order valence-electron chi connectivity index (χ3n) is 2.87. The van der Waals surface area contributed by atoms with Crippen molar-refractivity contribution in [2.24, 2.45) is 0 Å². The molecule has 116 valence electrons. The summed E-state index contributed by atoms with van der Waals surface area (Å²) in [5.41, 5.74) is 0.260. The first-order valence-electron chi connectivity index (χ1n) is 6.73. The second kappa shape index (κ2) is 8.08. The second-order valence-electron chi connectivity index (χ2n) is 5.01. The van der Waals surface area contributed by atoms with Crippen molar-refractivity contribution >= 4 is 17.7 Å². The quantitative estimate of drug-likeness (QED) is 0.533. The Balaban J connectivity index is 0.00000242. The van der Waals surface area contributed by atoms with Crippen LogP contribution in [0.25, 0.3) is 5.32 Å². The van der Waals surface area contributed by atoms with Crippen LogP contribution in [0.3, 0.4) is 0 Å². The number of hydrogen-bond acceptors (Lipinski definition) is 4. The number of rotatable bonds is 4. The van der Waals surface area contributed by atoms with E-state index in [1.165, 1.54) is 0 Å². The van der Waals surface area contributed by atoms with Crippen LogP contribution >= 0.6 is 0 Å². The van der Waals surface area contributed by atoms with Crippen molar-refractivity contribution in [3.8, 4) is 5.75 Å².